The van der Waals surface area contributed by atoms with Crippen LogP contribution in [0.2, 0.25) is 5.02 Å². The molecule has 0 bridgehead atoms. The molecule has 1 atom stereocenters. The molecule has 3 nitrogen and oxygen atoms in total. The normalized spacial score (nSPS) is 19.4. The van der Waals surface area contributed by atoms with Gasteiger partial charge >= 0.3 is 0 Å². The molecule has 1 saturated heterocycles. The van der Waals surface area contributed by atoms with Crippen molar-refractivity contribution in [3.8, 4) is 0 Å². The molecule has 102 valence electrons. The van der Waals surface area contributed by atoms with E-state index in [1.54, 1.807) is 0 Å². The molecule has 0 amide bonds. The lowest BCUT2D eigenvalue weighted by atomic mass is 10.2. The second kappa shape index (κ2) is 5.27. The van der Waals surface area contributed by atoms with E-state index in [1.165, 1.54) is 12.1 Å². The molecule has 0 aliphatic carbocycles. The minimum Gasteiger partial charge on any atom is -0.376 e. The minimum absolute atomic E-state index is 0.0791. The van der Waals surface area contributed by atoms with Gasteiger partial charge in [0.25, 0.3) is 0 Å². The summed E-state index contributed by atoms with van der Waals surface area (Å²) in [5.41, 5.74) is 1.38. The summed E-state index contributed by atoms with van der Waals surface area (Å²) < 4.78 is 21.2. The zero-order valence-corrected chi connectivity index (χ0v) is 11.7. The maximum Gasteiger partial charge on any atom is 0.144 e. The highest BCUT2D eigenvalue weighted by Crippen LogP contribution is 2.26. The van der Waals surface area contributed by atoms with Crippen LogP contribution < -0.4 is 0 Å². The molecule has 3 rings (SSSR count). The van der Waals surface area contributed by atoms with Gasteiger partial charge in [-0.05, 0) is 18.9 Å². The predicted molar refractivity (Wildman–Crippen MR) is 73.2 cm³/mol. The Balaban J connectivity index is 2.06. The van der Waals surface area contributed by atoms with E-state index in [1.807, 2.05) is 4.57 Å². The Kier molecular flexibility index (Phi) is 3.65. The van der Waals surface area contributed by atoms with E-state index in [-0.39, 0.29) is 17.0 Å². The number of fused-ring (bicyclic) bond motifs is 1. The van der Waals surface area contributed by atoms with Gasteiger partial charge in [0, 0.05) is 12.7 Å². The van der Waals surface area contributed by atoms with Crippen molar-refractivity contribution in [3.05, 3.63) is 28.8 Å². The predicted octanol–water partition coefficient (Wildman–Crippen LogP) is 3.75. The number of hydrogen-bond donors (Lipinski definition) is 0. The Morgan fingerprint density at radius 3 is 3.00 bits per heavy atom. The zero-order chi connectivity index (χ0) is 13.4. The average molecular weight is 303 g/mol. The summed E-state index contributed by atoms with van der Waals surface area (Å²) in [5.74, 6) is 0.554. The summed E-state index contributed by atoms with van der Waals surface area (Å²) in [4.78, 5) is 4.40. The summed E-state index contributed by atoms with van der Waals surface area (Å²) in [6.07, 6.45) is 2.23. The lowest BCUT2D eigenvalue weighted by Gasteiger charge is -2.13. The Labute approximate surface area is 120 Å². The number of hydrogen-bond acceptors (Lipinski definition) is 2. The fraction of sp³-hybridized carbons (Fsp3) is 0.462. The lowest BCUT2D eigenvalue weighted by Crippen LogP contribution is -2.16. The quantitative estimate of drug-likeness (QED) is 0.808. The Bertz CT molecular complexity index is 608. The van der Waals surface area contributed by atoms with Crippen molar-refractivity contribution in [2.24, 2.45) is 0 Å². The number of halogens is 3. The first-order valence-corrected chi connectivity index (χ1v) is 7.12. The van der Waals surface area contributed by atoms with Crippen LogP contribution in [0.15, 0.2) is 12.1 Å². The van der Waals surface area contributed by atoms with E-state index in [0.29, 0.717) is 23.4 Å². The number of ether oxygens (including phenoxy) is 1. The van der Waals surface area contributed by atoms with Crippen LogP contribution in [-0.2, 0) is 17.2 Å². The van der Waals surface area contributed by atoms with E-state index in [2.05, 4.69) is 4.98 Å². The van der Waals surface area contributed by atoms with E-state index in [4.69, 9.17) is 27.9 Å². The molecule has 0 spiro atoms. The van der Waals surface area contributed by atoms with E-state index in [9.17, 15) is 4.39 Å². The van der Waals surface area contributed by atoms with Crippen LogP contribution in [0.25, 0.3) is 11.0 Å². The molecule has 1 fully saturated rings. The van der Waals surface area contributed by atoms with E-state index >= 15 is 0 Å². The van der Waals surface area contributed by atoms with Crippen molar-refractivity contribution in [2.45, 2.75) is 31.4 Å². The summed E-state index contributed by atoms with van der Waals surface area (Å²) in [7, 11) is 0. The van der Waals surface area contributed by atoms with Crippen molar-refractivity contribution in [3.63, 3.8) is 0 Å². The van der Waals surface area contributed by atoms with Crippen LogP contribution in [0.5, 0.6) is 0 Å². The molecule has 1 aromatic carbocycles. The molecule has 1 unspecified atom stereocenters. The van der Waals surface area contributed by atoms with Crippen molar-refractivity contribution < 1.29 is 9.13 Å². The number of nitrogens with zero attached hydrogens (tertiary/aromatic N) is 2. The van der Waals surface area contributed by atoms with Gasteiger partial charge in [0.1, 0.15) is 11.6 Å². The average Bonchev–Trinajstić information content (AvgIpc) is 3.00. The molecule has 6 heteroatoms. The highest BCUT2D eigenvalue weighted by atomic mass is 35.5. The van der Waals surface area contributed by atoms with Crippen LogP contribution in [0, 0.1) is 5.82 Å². The molecule has 1 aromatic heterocycles. The van der Waals surface area contributed by atoms with Crippen LogP contribution in [0.3, 0.4) is 0 Å². The van der Waals surface area contributed by atoms with Crippen molar-refractivity contribution in [1.29, 1.82) is 0 Å². The Morgan fingerprint density at radius 2 is 2.32 bits per heavy atom. The van der Waals surface area contributed by atoms with Crippen LogP contribution in [0.1, 0.15) is 18.7 Å². The first-order chi connectivity index (χ1) is 9.19. The second-order valence-electron chi connectivity index (χ2n) is 4.66. The highest BCUT2D eigenvalue weighted by Gasteiger charge is 2.20. The fourth-order valence-electron chi connectivity index (χ4n) is 2.47. The molecule has 0 saturated carbocycles. The zero-order valence-electron chi connectivity index (χ0n) is 10.2. The number of rotatable bonds is 3. The van der Waals surface area contributed by atoms with Gasteiger partial charge in [-0.25, -0.2) is 9.37 Å². The van der Waals surface area contributed by atoms with Gasteiger partial charge in [-0.15, -0.1) is 11.6 Å². The standard InChI is InChI=1S/C13H13Cl2FN2O/c14-6-13-17-11-4-9(15)10(16)5-12(11)18(13)7-8-2-1-3-19-8/h4-5,8H,1-3,6-7H2. The lowest BCUT2D eigenvalue weighted by molar-refractivity contribution is 0.0973. The van der Waals surface area contributed by atoms with Crippen LogP contribution in [-0.4, -0.2) is 22.3 Å². The van der Waals surface area contributed by atoms with Crippen LogP contribution in [0.4, 0.5) is 4.39 Å². The maximum atomic E-state index is 13.6. The largest absolute Gasteiger partial charge is 0.376 e. The summed E-state index contributed by atoms with van der Waals surface area (Å²) >= 11 is 11.7. The van der Waals surface area contributed by atoms with Crippen molar-refractivity contribution in [2.75, 3.05) is 6.61 Å². The summed E-state index contributed by atoms with van der Waals surface area (Å²) in [5, 5.41) is 0.0791. The van der Waals surface area contributed by atoms with Gasteiger partial charge < -0.3 is 9.30 Å². The first-order valence-electron chi connectivity index (χ1n) is 6.21. The third kappa shape index (κ3) is 2.45. The summed E-state index contributed by atoms with van der Waals surface area (Å²) in [6.45, 7) is 1.44. The van der Waals surface area contributed by atoms with Crippen molar-refractivity contribution in [1.82, 2.24) is 9.55 Å². The van der Waals surface area contributed by atoms with Gasteiger partial charge in [0.05, 0.1) is 34.6 Å². The number of aromatic nitrogens is 2. The topological polar surface area (TPSA) is 27.1 Å². The van der Waals surface area contributed by atoms with Gasteiger partial charge in [-0.3, -0.25) is 0 Å². The molecule has 2 heterocycles. The number of imidazole rings is 1. The Morgan fingerprint density at radius 1 is 1.47 bits per heavy atom. The second-order valence-corrected chi connectivity index (χ2v) is 5.34. The number of alkyl halides is 1. The smallest absolute Gasteiger partial charge is 0.144 e. The molecule has 19 heavy (non-hydrogen) atoms. The molecule has 1 aliphatic heterocycles. The fourth-order valence-corrected chi connectivity index (χ4v) is 2.83. The third-order valence-corrected chi connectivity index (χ3v) is 3.93. The van der Waals surface area contributed by atoms with Gasteiger partial charge in [0.15, 0.2) is 0 Å². The first kappa shape index (κ1) is 13.2. The van der Waals surface area contributed by atoms with Gasteiger partial charge in [-0.2, -0.15) is 0 Å². The summed E-state index contributed by atoms with van der Waals surface area (Å²) in [6, 6.07) is 2.95. The Hall–Kier alpha value is -0.840. The minimum atomic E-state index is -0.441. The monoisotopic (exact) mass is 302 g/mol. The molecule has 0 radical (unpaired) electrons. The molecule has 2 aromatic rings. The van der Waals surface area contributed by atoms with Crippen molar-refractivity contribution >= 4 is 34.2 Å². The molecule has 0 N–H and O–H groups in total. The van der Waals surface area contributed by atoms with E-state index in [0.717, 1.165) is 19.4 Å². The molecular weight excluding hydrogens is 290 g/mol. The van der Waals surface area contributed by atoms with E-state index < -0.39 is 5.82 Å². The molecular formula is C13H13Cl2FN2O. The van der Waals surface area contributed by atoms with Gasteiger partial charge in [0.2, 0.25) is 0 Å². The van der Waals surface area contributed by atoms with Gasteiger partial charge in [-0.1, -0.05) is 11.6 Å². The third-order valence-electron chi connectivity index (χ3n) is 3.40. The SMILES string of the molecule is Fc1cc2c(cc1Cl)nc(CCl)n2CC1CCCO1. The van der Waals surface area contributed by atoms with Crippen LogP contribution >= 0.6 is 23.2 Å². The maximum absolute atomic E-state index is 13.6. The molecule has 1 aliphatic rings. The number of benzene rings is 1. The highest BCUT2D eigenvalue weighted by molar-refractivity contribution is 6.31.